The van der Waals surface area contributed by atoms with Gasteiger partial charge >= 0.3 is 5.97 Å². The fraction of sp³-hybridized carbons (Fsp3) is 0.625. The second-order valence-electron chi connectivity index (χ2n) is 2.93. The maximum Gasteiger partial charge on any atom is 0.320 e. The van der Waals surface area contributed by atoms with Gasteiger partial charge in [-0.1, -0.05) is 13.8 Å². The molecule has 5 heteroatoms. The van der Waals surface area contributed by atoms with Crippen molar-refractivity contribution in [1.82, 2.24) is 5.32 Å². The monoisotopic (exact) mass is 204 g/mol. The van der Waals surface area contributed by atoms with E-state index < -0.39 is 12.0 Å². The Morgan fingerprint density at radius 2 is 2.31 bits per heavy atom. The van der Waals surface area contributed by atoms with Gasteiger partial charge in [-0.2, -0.15) is 0 Å². The highest BCUT2D eigenvalue weighted by Crippen LogP contribution is 2.02. The van der Waals surface area contributed by atoms with Gasteiger partial charge in [-0.25, -0.2) is 0 Å². The molecule has 1 rings (SSSR count). The molecule has 0 radical (unpaired) electrons. The van der Waals surface area contributed by atoms with Crippen LogP contribution in [0.1, 0.15) is 13.8 Å². The molecular weight excluding hydrogens is 188 g/mol. The molecule has 1 aliphatic rings. The summed E-state index contributed by atoms with van der Waals surface area (Å²) < 4.78 is 0. The fourth-order valence-electron chi connectivity index (χ4n) is 0.526. The minimum Gasteiger partial charge on any atom is -0.480 e. The number of carboxylic acids is 1. The first-order chi connectivity index (χ1) is 6.05. The average Bonchev–Trinajstić information content (AvgIpc) is 2.59. The lowest BCUT2D eigenvalue weighted by Gasteiger charge is -2.07. The molecule has 4 N–H and O–H groups in total. The molecule has 0 aliphatic carbocycles. The molecule has 0 aromatic heterocycles. The van der Waals surface area contributed by atoms with Crippen molar-refractivity contribution in [1.29, 1.82) is 0 Å². The summed E-state index contributed by atoms with van der Waals surface area (Å²) in [4.78, 5) is 10.0. The molecule has 0 spiro atoms. The van der Waals surface area contributed by atoms with Crippen LogP contribution in [0.2, 0.25) is 0 Å². The second kappa shape index (κ2) is 6.80. The van der Waals surface area contributed by atoms with Crippen LogP contribution in [0.3, 0.4) is 0 Å². The highest BCUT2D eigenvalue weighted by atomic mass is 32.2. The van der Waals surface area contributed by atoms with Crippen LogP contribution >= 0.6 is 11.8 Å². The molecule has 1 atom stereocenters. The number of rotatable bonds is 2. The molecule has 0 amide bonds. The number of carbonyl (C=O) groups is 1. The number of nitrogens with two attached hydrogens (primary N) is 1. The smallest absolute Gasteiger partial charge is 0.320 e. The maximum atomic E-state index is 10.0. The van der Waals surface area contributed by atoms with Crippen LogP contribution in [-0.4, -0.2) is 23.0 Å². The molecule has 0 aromatic carbocycles. The van der Waals surface area contributed by atoms with Crippen molar-refractivity contribution in [2.75, 3.05) is 5.88 Å². The Hall–Kier alpha value is -0.680. The van der Waals surface area contributed by atoms with Crippen LogP contribution in [0.25, 0.3) is 0 Å². The summed E-state index contributed by atoms with van der Waals surface area (Å²) in [6.45, 7) is 3.55. The van der Waals surface area contributed by atoms with Crippen molar-refractivity contribution in [2.24, 2.45) is 11.7 Å². The number of hydrogen-bond acceptors (Lipinski definition) is 4. The van der Waals surface area contributed by atoms with E-state index in [1.807, 2.05) is 11.6 Å². The molecule has 1 heterocycles. The predicted octanol–water partition coefficient (Wildman–Crippen LogP) is 0.806. The van der Waals surface area contributed by atoms with Gasteiger partial charge in [0.15, 0.2) is 0 Å². The van der Waals surface area contributed by atoms with Gasteiger partial charge in [0.05, 0.1) is 5.88 Å². The van der Waals surface area contributed by atoms with Crippen molar-refractivity contribution in [3.05, 3.63) is 11.6 Å². The Kier molecular flexibility index (Phi) is 6.44. The Morgan fingerprint density at radius 1 is 1.69 bits per heavy atom. The van der Waals surface area contributed by atoms with Crippen molar-refractivity contribution in [3.63, 3.8) is 0 Å². The van der Waals surface area contributed by atoms with Crippen molar-refractivity contribution < 1.29 is 9.90 Å². The summed E-state index contributed by atoms with van der Waals surface area (Å²) >= 11 is 1.78. The average molecular weight is 204 g/mol. The molecule has 0 fully saturated rings. The van der Waals surface area contributed by atoms with E-state index in [-0.39, 0.29) is 5.92 Å². The summed E-state index contributed by atoms with van der Waals surface area (Å²) in [7, 11) is 0. The van der Waals surface area contributed by atoms with E-state index in [2.05, 4.69) is 5.32 Å². The van der Waals surface area contributed by atoms with Crippen molar-refractivity contribution in [3.8, 4) is 0 Å². The summed E-state index contributed by atoms with van der Waals surface area (Å²) in [6, 6.07) is -0.713. The summed E-state index contributed by atoms with van der Waals surface area (Å²) in [5.41, 5.74) is 5.16. The zero-order valence-electron chi connectivity index (χ0n) is 7.86. The summed E-state index contributed by atoms with van der Waals surface area (Å²) in [5, 5.41) is 13.3. The molecule has 13 heavy (non-hydrogen) atoms. The lowest BCUT2D eigenvalue weighted by molar-refractivity contribution is -0.139. The lowest BCUT2D eigenvalue weighted by Crippen LogP contribution is -2.34. The molecule has 0 saturated heterocycles. The maximum absolute atomic E-state index is 10.0. The highest BCUT2D eigenvalue weighted by Gasteiger charge is 2.14. The van der Waals surface area contributed by atoms with E-state index in [4.69, 9.17) is 10.8 Å². The Labute approximate surface area is 82.6 Å². The van der Waals surface area contributed by atoms with Gasteiger partial charge in [0.1, 0.15) is 6.04 Å². The quantitative estimate of drug-likeness (QED) is 0.620. The number of aliphatic carboxylic acids is 1. The van der Waals surface area contributed by atoms with Crippen LogP contribution in [0.5, 0.6) is 0 Å². The van der Waals surface area contributed by atoms with E-state index in [0.29, 0.717) is 0 Å². The standard InChI is InChI=1S/C5H11NO2.C3H5NS/c1-3(2)4(6)5(7)8;1-2-5-3-4-1/h3-4H,6H2,1-2H3,(H,7,8);1-2,4H,3H2/t4-;/m0./s1. The van der Waals surface area contributed by atoms with Crippen molar-refractivity contribution in [2.45, 2.75) is 19.9 Å². The molecule has 4 nitrogen and oxygen atoms in total. The number of nitrogens with one attached hydrogen (secondary N) is 1. The number of hydrogen-bond donors (Lipinski definition) is 3. The van der Waals surface area contributed by atoms with Crippen LogP contribution < -0.4 is 11.1 Å². The first-order valence-electron chi connectivity index (χ1n) is 4.04. The lowest BCUT2D eigenvalue weighted by atomic mass is 10.1. The highest BCUT2D eigenvalue weighted by molar-refractivity contribution is 8.02. The summed E-state index contributed by atoms with van der Waals surface area (Å²) in [6.07, 6.45) is 1.95. The zero-order valence-corrected chi connectivity index (χ0v) is 8.67. The topological polar surface area (TPSA) is 75.3 Å². The van der Waals surface area contributed by atoms with Crippen LogP contribution in [0.15, 0.2) is 11.6 Å². The van der Waals surface area contributed by atoms with Crippen LogP contribution in [0, 0.1) is 5.92 Å². The fourth-order valence-corrected chi connectivity index (χ4v) is 1.01. The molecule has 0 unspecified atom stereocenters. The van der Waals surface area contributed by atoms with Gasteiger partial charge < -0.3 is 16.2 Å². The molecule has 1 aliphatic heterocycles. The van der Waals surface area contributed by atoms with Crippen LogP contribution in [-0.2, 0) is 4.79 Å². The third-order valence-electron chi connectivity index (χ3n) is 1.45. The third kappa shape index (κ3) is 6.48. The third-order valence-corrected chi connectivity index (χ3v) is 2.11. The largest absolute Gasteiger partial charge is 0.480 e. The number of thioether (sulfide) groups is 1. The first-order valence-corrected chi connectivity index (χ1v) is 5.09. The second-order valence-corrected chi connectivity index (χ2v) is 3.82. The normalized spacial score (nSPS) is 16.0. The van der Waals surface area contributed by atoms with Gasteiger partial charge in [0, 0.05) is 6.20 Å². The molecule has 0 aromatic rings. The number of carboxylic acid groups (broad SMARTS) is 1. The van der Waals surface area contributed by atoms with Gasteiger partial charge in [0.2, 0.25) is 0 Å². The molecular formula is C8H16N2O2S. The van der Waals surface area contributed by atoms with E-state index in [1.165, 1.54) is 0 Å². The van der Waals surface area contributed by atoms with Gasteiger partial charge in [-0.15, -0.1) is 11.8 Å². The Bertz CT molecular complexity index is 177. The zero-order chi connectivity index (χ0) is 10.3. The Morgan fingerprint density at radius 3 is 2.38 bits per heavy atom. The van der Waals surface area contributed by atoms with E-state index in [1.54, 1.807) is 25.6 Å². The van der Waals surface area contributed by atoms with E-state index in [0.717, 1.165) is 5.88 Å². The van der Waals surface area contributed by atoms with Crippen molar-refractivity contribution >= 4 is 17.7 Å². The van der Waals surface area contributed by atoms with Gasteiger partial charge in [-0.3, -0.25) is 4.79 Å². The van der Waals surface area contributed by atoms with Gasteiger partial charge in [-0.05, 0) is 11.3 Å². The van der Waals surface area contributed by atoms with E-state index >= 15 is 0 Å². The molecule has 76 valence electrons. The SMILES string of the molecule is C1=CSCN1.CC(C)[C@H](N)C(=O)O. The van der Waals surface area contributed by atoms with E-state index in [9.17, 15) is 4.79 Å². The predicted molar refractivity (Wildman–Crippen MR) is 55.2 cm³/mol. The molecule has 0 bridgehead atoms. The Balaban J connectivity index is 0.000000243. The minimum absolute atomic E-state index is 0.0208. The van der Waals surface area contributed by atoms with Gasteiger partial charge in [0.25, 0.3) is 0 Å². The first kappa shape index (κ1) is 12.3. The summed E-state index contributed by atoms with van der Waals surface area (Å²) in [5.74, 6) is 0.146. The van der Waals surface area contributed by atoms with Crippen LogP contribution in [0.4, 0.5) is 0 Å². The minimum atomic E-state index is -0.931. The molecule has 0 saturated carbocycles.